The highest BCUT2D eigenvalue weighted by Crippen LogP contribution is 2.25. The minimum absolute atomic E-state index is 0.165. The molecule has 0 aromatic rings. The van der Waals surface area contributed by atoms with E-state index in [0.717, 1.165) is 39.0 Å². The molecule has 0 unspecified atom stereocenters. The van der Waals surface area contributed by atoms with E-state index >= 15 is 0 Å². The fourth-order valence-electron chi connectivity index (χ4n) is 2.77. The predicted molar refractivity (Wildman–Crippen MR) is 61.9 cm³/mol. The molecule has 2 saturated heterocycles. The van der Waals surface area contributed by atoms with Gasteiger partial charge < -0.3 is 15.3 Å². The van der Waals surface area contributed by atoms with E-state index in [1.54, 1.807) is 0 Å². The molecule has 2 heterocycles. The Bertz CT molecular complexity index is 251. The summed E-state index contributed by atoms with van der Waals surface area (Å²) in [5.74, 6) is 1.17. The molecule has 1 amide bonds. The zero-order chi connectivity index (χ0) is 11.5. The molecule has 16 heavy (non-hydrogen) atoms. The molecule has 0 aliphatic carbocycles. The van der Waals surface area contributed by atoms with Crippen LogP contribution in [0.1, 0.15) is 19.8 Å². The highest BCUT2D eigenvalue weighted by Gasteiger charge is 2.35. The summed E-state index contributed by atoms with van der Waals surface area (Å²) < 4.78 is 0. The first-order valence-corrected chi connectivity index (χ1v) is 6.32. The van der Waals surface area contributed by atoms with Gasteiger partial charge in [0, 0.05) is 32.2 Å². The van der Waals surface area contributed by atoms with Crippen molar-refractivity contribution in [3.05, 3.63) is 0 Å². The minimum atomic E-state index is 0.165. The van der Waals surface area contributed by atoms with Crippen molar-refractivity contribution in [2.75, 3.05) is 32.8 Å². The van der Waals surface area contributed by atoms with Crippen LogP contribution >= 0.6 is 0 Å². The highest BCUT2D eigenvalue weighted by molar-refractivity contribution is 5.79. The van der Waals surface area contributed by atoms with Crippen LogP contribution in [0.5, 0.6) is 0 Å². The molecule has 0 aromatic carbocycles. The Labute approximate surface area is 97.0 Å². The third-order valence-corrected chi connectivity index (χ3v) is 3.96. The Morgan fingerprint density at radius 2 is 2.31 bits per heavy atom. The van der Waals surface area contributed by atoms with Gasteiger partial charge in [0.25, 0.3) is 0 Å². The van der Waals surface area contributed by atoms with E-state index in [1.165, 1.54) is 0 Å². The van der Waals surface area contributed by atoms with Crippen molar-refractivity contribution in [1.82, 2.24) is 10.2 Å². The van der Waals surface area contributed by atoms with Gasteiger partial charge in [-0.3, -0.25) is 4.79 Å². The molecule has 0 radical (unpaired) electrons. The average molecular weight is 226 g/mol. The number of aliphatic hydroxyl groups is 1. The molecule has 4 heteroatoms. The summed E-state index contributed by atoms with van der Waals surface area (Å²) in [6, 6.07) is 0. The van der Waals surface area contributed by atoms with Gasteiger partial charge in [0.05, 0.1) is 5.92 Å². The molecule has 0 saturated carbocycles. The molecule has 2 N–H and O–H groups in total. The van der Waals surface area contributed by atoms with Gasteiger partial charge >= 0.3 is 0 Å². The van der Waals surface area contributed by atoms with E-state index < -0.39 is 0 Å². The number of carbonyl (C=O) groups excluding carboxylic acids is 1. The summed E-state index contributed by atoms with van der Waals surface area (Å²) in [5.41, 5.74) is 0. The topological polar surface area (TPSA) is 52.6 Å². The first-order chi connectivity index (χ1) is 7.72. The normalized spacial score (nSPS) is 35.4. The molecular formula is C12H22N2O2. The second-order valence-corrected chi connectivity index (χ2v) is 5.21. The SMILES string of the molecule is C[C@@H]1CN(C(=O)[C@H]2CCCNC2)C[C@H]1CO. The number of piperidine rings is 1. The zero-order valence-electron chi connectivity index (χ0n) is 9.98. The monoisotopic (exact) mass is 226 g/mol. The summed E-state index contributed by atoms with van der Waals surface area (Å²) in [6.45, 7) is 5.75. The van der Waals surface area contributed by atoms with Crippen LogP contribution in [0.4, 0.5) is 0 Å². The third kappa shape index (κ3) is 2.38. The average Bonchev–Trinajstić information content (AvgIpc) is 2.71. The summed E-state index contributed by atoms with van der Waals surface area (Å²) in [5, 5.41) is 12.5. The Hall–Kier alpha value is -0.610. The van der Waals surface area contributed by atoms with E-state index in [4.69, 9.17) is 0 Å². The number of amides is 1. The summed E-state index contributed by atoms with van der Waals surface area (Å²) in [7, 11) is 0. The molecular weight excluding hydrogens is 204 g/mol. The van der Waals surface area contributed by atoms with E-state index in [0.29, 0.717) is 5.92 Å². The highest BCUT2D eigenvalue weighted by atomic mass is 16.3. The number of hydrogen-bond donors (Lipinski definition) is 2. The number of rotatable bonds is 2. The van der Waals surface area contributed by atoms with Gasteiger partial charge in [-0.2, -0.15) is 0 Å². The molecule has 2 aliphatic rings. The first-order valence-electron chi connectivity index (χ1n) is 6.32. The molecule has 2 aliphatic heterocycles. The summed E-state index contributed by atoms with van der Waals surface area (Å²) in [4.78, 5) is 14.2. The van der Waals surface area contributed by atoms with Crippen LogP contribution in [0.2, 0.25) is 0 Å². The first kappa shape index (κ1) is 11.9. The maximum Gasteiger partial charge on any atom is 0.226 e. The van der Waals surface area contributed by atoms with Crippen molar-refractivity contribution in [2.24, 2.45) is 17.8 Å². The Kier molecular flexibility index (Phi) is 3.82. The van der Waals surface area contributed by atoms with Gasteiger partial charge in [0.15, 0.2) is 0 Å². The quantitative estimate of drug-likeness (QED) is 0.701. The lowest BCUT2D eigenvalue weighted by atomic mass is 9.98. The summed E-state index contributed by atoms with van der Waals surface area (Å²) in [6.07, 6.45) is 2.11. The fraction of sp³-hybridized carbons (Fsp3) is 0.917. The molecule has 0 bridgehead atoms. The van der Waals surface area contributed by atoms with E-state index in [1.807, 2.05) is 4.90 Å². The smallest absolute Gasteiger partial charge is 0.226 e. The minimum Gasteiger partial charge on any atom is -0.396 e. The van der Waals surface area contributed by atoms with Crippen molar-refractivity contribution in [2.45, 2.75) is 19.8 Å². The number of carbonyl (C=O) groups is 1. The molecule has 2 rings (SSSR count). The van der Waals surface area contributed by atoms with Crippen LogP contribution in [0, 0.1) is 17.8 Å². The second-order valence-electron chi connectivity index (χ2n) is 5.21. The van der Waals surface area contributed by atoms with Crippen molar-refractivity contribution in [3.8, 4) is 0 Å². The van der Waals surface area contributed by atoms with Crippen LogP contribution in [-0.2, 0) is 4.79 Å². The maximum absolute atomic E-state index is 12.2. The second kappa shape index (κ2) is 5.15. The van der Waals surface area contributed by atoms with Crippen LogP contribution in [0.25, 0.3) is 0 Å². The number of aliphatic hydroxyl groups excluding tert-OH is 1. The molecule has 0 spiro atoms. The van der Waals surface area contributed by atoms with Gasteiger partial charge in [-0.25, -0.2) is 0 Å². The number of nitrogens with one attached hydrogen (secondary N) is 1. The van der Waals surface area contributed by atoms with Crippen molar-refractivity contribution in [3.63, 3.8) is 0 Å². The predicted octanol–water partition coefficient (Wildman–Crippen LogP) is 0.0728. The van der Waals surface area contributed by atoms with Crippen LogP contribution in [0.3, 0.4) is 0 Å². The Morgan fingerprint density at radius 1 is 1.50 bits per heavy atom. The summed E-state index contributed by atoms with van der Waals surface area (Å²) >= 11 is 0. The molecule has 4 nitrogen and oxygen atoms in total. The van der Waals surface area contributed by atoms with E-state index in [9.17, 15) is 9.90 Å². The molecule has 0 aromatic heterocycles. The zero-order valence-corrected chi connectivity index (χ0v) is 9.98. The van der Waals surface area contributed by atoms with Crippen molar-refractivity contribution < 1.29 is 9.90 Å². The maximum atomic E-state index is 12.2. The molecule has 92 valence electrons. The van der Waals surface area contributed by atoms with Gasteiger partial charge in [0.2, 0.25) is 5.91 Å². The lowest BCUT2D eigenvalue weighted by molar-refractivity contribution is -0.135. The molecule has 3 atom stereocenters. The van der Waals surface area contributed by atoms with Gasteiger partial charge in [-0.15, -0.1) is 0 Å². The van der Waals surface area contributed by atoms with Crippen LogP contribution < -0.4 is 5.32 Å². The Morgan fingerprint density at radius 3 is 2.88 bits per heavy atom. The Balaban J connectivity index is 1.90. The van der Waals surface area contributed by atoms with Crippen LogP contribution in [0.15, 0.2) is 0 Å². The van der Waals surface area contributed by atoms with Crippen molar-refractivity contribution in [1.29, 1.82) is 0 Å². The number of nitrogens with zero attached hydrogens (tertiary/aromatic N) is 1. The standard InChI is InChI=1S/C12H22N2O2/c1-9-6-14(7-11(9)8-15)12(16)10-3-2-4-13-5-10/h9-11,13,15H,2-8H2,1H3/t9-,10+,11+/m1/s1. The number of likely N-dealkylation sites (tertiary alicyclic amines) is 1. The van der Waals surface area contributed by atoms with Crippen LogP contribution in [-0.4, -0.2) is 48.7 Å². The fourth-order valence-corrected chi connectivity index (χ4v) is 2.77. The van der Waals surface area contributed by atoms with E-state index in [2.05, 4.69) is 12.2 Å². The lowest BCUT2D eigenvalue weighted by Gasteiger charge is -2.26. The number of hydrogen-bond acceptors (Lipinski definition) is 3. The largest absolute Gasteiger partial charge is 0.396 e. The molecule has 2 fully saturated rings. The third-order valence-electron chi connectivity index (χ3n) is 3.96. The van der Waals surface area contributed by atoms with Gasteiger partial charge in [-0.1, -0.05) is 6.92 Å². The van der Waals surface area contributed by atoms with Gasteiger partial charge in [-0.05, 0) is 25.3 Å². The van der Waals surface area contributed by atoms with Crippen molar-refractivity contribution >= 4 is 5.91 Å². The van der Waals surface area contributed by atoms with Gasteiger partial charge in [0.1, 0.15) is 0 Å². The lowest BCUT2D eigenvalue weighted by Crippen LogP contribution is -2.42. The van der Waals surface area contributed by atoms with E-state index in [-0.39, 0.29) is 24.3 Å².